The summed E-state index contributed by atoms with van der Waals surface area (Å²) in [6.45, 7) is 2.57. The molecule has 3 aromatic rings. The van der Waals surface area contributed by atoms with Crippen LogP contribution in [0.1, 0.15) is 22.8 Å². The van der Waals surface area contributed by atoms with Gasteiger partial charge in [0.25, 0.3) is 0 Å². The third kappa shape index (κ3) is 2.50. The van der Waals surface area contributed by atoms with Gasteiger partial charge in [0.1, 0.15) is 22.3 Å². The third-order valence-corrected chi connectivity index (χ3v) is 3.83. The maximum Gasteiger partial charge on any atom is 0.342 e. The van der Waals surface area contributed by atoms with Crippen molar-refractivity contribution in [2.75, 3.05) is 7.11 Å². The van der Waals surface area contributed by atoms with E-state index in [0.717, 1.165) is 14.0 Å². The lowest BCUT2D eigenvalue weighted by atomic mass is 10.0. The van der Waals surface area contributed by atoms with E-state index in [1.807, 2.05) is 0 Å². The van der Waals surface area contributed by atoms with Crippen molar-refractivity contribution >= 4 is 33.9 Å². The Kier molecular flexibility index (Phi) is 3.92. The fourth-order valence-corrected chi connectivity index (χ4v) is 2.70. The average Bonchev–Trinajstić information content (AvgIpc) is 2.58. The zero-order valence-electron chi connectivity index (χ0n) is 13.7. The van der Waals surface area contributed by atoms with Crippen LogP contribution in [0.25, 0.3) is 21.9 Å². The zero-order valence-corrected chi connectivity index (χ0v) is 13.7. The quantitative estimate of drug-likeness (QED) is 0.434. The van der Waals surface area contributed by atoms with Gasteiger partial charge in [-0.05, 0) is 19.1 Å². The summed E-state index contributed by atoms with van der Waals surface area (Å²) in [6, 6.07) is 6.43. The molecule has 3 rings (SSSR count). The first kappa shape index (κ1) is 16.5. The van der Waals surface area contributed by atoms with Gasteiger partial charge in [-0.1, -0.05) is 12.1 Å². The third-order valence-electron chi connectivity index (χ3n) is 3.83. The van der Waals surface area contributed by atoms with Crippen LogP contribution in [-0.2, 0) is 9.53 Å². The molecule has 0 spiro atoms. The molecule has 7 nitrogen and oxygen atoms in total. The highest BCUT2D eigenvalue weighted by Gasteiger charge is 2.28. The van der Waals surface area contributed by atoms with Crippen LogP contribution in [0, 0.1) is 6.92 Å². The Hall–Kier alpha value is -3.35. The van der Waals surface area contributed by atoms with Crippen molar-refractivity contribution in [2.24, 2.45) is 0 Å². The minimum atomic E-state index is -0.832. The molecule has 0 saturated carbocycles. The second kappa shape index (κ2) is 5.94. The molecule has 7 heteroatoms. The summed E-state index contributed by atoms with van der Waals surface area (Å²) in [5, 5.41) is 10.6. The number of para-hydroxylation sites is 1. The summed E-state index contributed by atoms with van der Waals surface area (Å²) in [4.78, 5) is 36.4. The van der Waals surface area contributed by atoms with Gasteiger partial charge >= 0.3 is 11.9 Å². The lowest BCUT2D eigenvalue weighted by molar-refractivity contribution is -0.131. The Morgan fingerprint density at radius 1 is 1.20 bits per heavy atom. The van der Waals surface area contributed by atoms with Crippen LogP contribution in [-0.4, -0.2) is 24.2 Å². The van der Waals surface area contributed by atoms with Crippen LogP contribution in [0.2, 0.25) is 0 Å². The Balaban J connectivity index is 2.60. The fourth-order valence-electron chi connectivity index (χ4n) is 2.70. The summed E-state index contributed by atoms with van der Waals surface area (Å²) >= 11 is 0. The molecule has 0 bridgehead atoms. The molecule has 2 aromatic carbocycles. The van der Waals surface area contributed by atoms with Crippen LogP contribution < -0.4 is 10.2 Å². The van der Waals surface area contributed by atoms with Crippen molar-refractivity contribution in [1.82, 2.24) is 0 Å². The van der Waals surface area contributed by atoms with Crippen molar-refractivity contribution in [3.8, 4) is 11.5 Å². The number of rotatable bonds is 2. The number of aromatic hydroxyl groups is 1. The van der Waals surface area contributed by atoms with E-state index in [2.05, 4.69) is 0 Å². The molecule has 1 N–H and O–H groups in total. The van der Waals surface area contributed by atoms with Gasteiger partial charge < -0.3 is 19.0 Å². The summed E-state index contributed by atoms with van der Waals surface area (Å²) < 4.78 is 15.5. The molecule has 1 aromatic heterocycles. The molecule has 1 heterocycles. The first-order chi connectivity index (χ1) is 11.9. The van der Waals surface area contributed by atoms with E-state index in [1.165, 1.54) is 6.92 Å². The van der Waals surface area contributed by atoms with Crippen molar-refractivity contribution < 1.29 is 28.6 Å². The van der Waals surface area contributed by atoms with E-state index in [-0.39, 0.29) is 38.8 Å². The fraction of sp³-hybridized carbons (Fsp3) is 0.167. The number of esters is 2. The normalized spacial score (nSPS) is 10.8. The molecule has 0 aliphatic rings. The van der Waals surface area contributed by atoms with Gasteiger partial charge in [0.05, 0.1) is 12.5 Å². The van der Waals surface area contributed by atoms with Gasteiger partial charge in [-0.2, -0.15) is 0 Å². The number of phenolic OH excluding ortho intramolecular Hbond substituents is 1. The smallest absolute Gasteiger partial charge is 0.342 e. The highest BCUT2D eigenvalue weighted by atomic mass is 16.5. The summed E-state index contributed by atoms with van der Waals surface area (Å²) in [7, 11) is 1.15. The predicted molar refractivity (Wildman–Crippen MR) is 89.0 cm³/mol. The number of hydrogen-bond acceptors (Lipinski definition) is 7. The number of hydrogen-bond donors (Lipinski definition) is 1. The standard InChI is InChI=1S/C18H14O7/c1-8-12(18(22)23-3)16(24-9(2)19)17-13(14(8)20)15(21)10-6-4-5-7-11(10)25-17/h4-7,20H,1-3H3. The van der Waals surface area contributed by atoms with E-state index in [9.17, 15) is 19.5 Å². The van der Waals surface area contributed by atoms with Crippen molar-refractivity contribution in [3.05, 3.63) is 45.6 Å². The Labute approximate surface area is 141 Å². The maximum atomic E-state index is 12.8. The Morgan fingerprint density at radius 2 is 1.88 bits per heavy atom. The van der Waals surface area contributed by atoms with Crippen molar-refractivity contribution in [1.29, 1.82) is 0 Å². The minimum Gasteiger partial charge on any atom is -0.507 e. The number of methoxy groups -OCH3 is 1. The monoisotopic (exact) mass is 342 g/mol. The summed E-state index contributed by atoms with van der Waals surface area (Å²) in [5.41, 5.74) is -0.587. The van der Waals surface area contributed by atoms with Gasteiger partial charge in [0.2, 0.25) is 5.43 Å². The van der Waals surface area contributed by atoms with E-state index >= 15 is 0 Å². The van der Waals surface area contributed by atoms with Gasteiger partial charge in [-0.15, -0.1) is 0 Å². The largest absolute Gasteiger partial charge is 0.507 e. The van der Waals surface area contributed by atoms with Gasteiger partial charge in [-0.25, -0.2) is 4.79 Å². The number of ether oxygens (including phenoxy) is 2. The van der Waals surface area contributed by atoms with Crippen LogP contribution >= 0.6 is 0 Å². The minimum absolute atomic E-state index is 0.0539. The lowest BCUT2D eigenvalue weighted by Gasteiger charge is -2.15. The highest BCUT2D eigenvalue weighted by Crippen LogP contribution is 2.40. The Bertz CT molecular complexity index is 1090. The van der Waals surface area contributed by atoms with E-state index in [1.54, 1.807) is 24.3 Å². The van der Waals surface area contributed by atoms with Crippen LogP contribution in [0.3, 0.4) is 0 Å². The number of carbonyl (C=O) groups is 2. The van der Waals surface area contributed by atoms with Gasteiger partial charge in [-0.3, -0.25) is 9.59 Å². The molecule has 0 aliphatic heterocycles. The highest BCUT2D eigenvalue weighted by molar-refractivity contribution is 6.06. The van der Waals surface area contributed by atoms with E-state index in [0.29, 0.717) is 0 Å². The topological polar surface area (TPSA) is 103 Å². The van der Waals surface area contributed by atoms with Crippen molar-refractivity contribution in [3.63, 3.8) is 0 Å². The molecule has 0 aliphatic carbocycles. The second-order valence-electron chi connectivity index (χ2n) is 5.39. The molecule has 25 heavy (non-hydrogen) atoms. The first-order valence-electron chi connectivity index (χ1n) is 7.34. The number of phenols is 1. The van der Waals surface area contributed by atoms with E-state index in [4.69, 9.17) is 13.9 Å². The Morgan fingerprint density at radius 3 is 2.52 bits per heavy atom. The number of carbonyl (C=O) groups excluding carboxylic acids is 2. The zero-order chi connectivity index (χ0) is 18.3. The summed E-state index contributed by atoms with van der Waals surface area (Å²) in [5.74, 6) is -2.23. The first-order valence-corrected chi connectivity index (χ1v) is 7.34. The van der Waals surface area contributed by atoms with Gasteiger partial charge in [0, 0.05) is 12.5 Å². The van der Waals surface area contributed by atoms with Crippen LogP contribution in [0.4, 0.5) is 0 Å². The van der Waals surface area contributed by atoms with Crippen LogP contribution in [0.15, 0.2) is 33.5 Å². The molecular formula is C18H14O7. The van der Waals surface area contributed by atoms with Crippen LogP contribution in [0.5, 0.6) is 11.5 Å². The molecule has 0 fully saturated rings. The molecule has 0 atom stereocenters. The maximum absolute atomic E-state index is 12.8. The molecule has 0 amide bonds. The predicted octanol–water partition coefficient (Wildman–Crippen LogP) is 2.67. The molecule has 0 saturated heterocycles. The SMILES string of the molecule is COC(=O)c1c(C)c(O)c2c(=O)c3ccccc3oc2c1OC(C)=O. The molecule has 0 radical (unpaired) electrons. The average molecular weight is 342 g/mol. The van der Waals surface area contributed by atoms with Gasteiger partial charge in [0.15, 0.2) is 11.3 Å². The lowest BCUT2D eigenvalue weighted by Crippen LogP contribution is -2.13. The molecule has 128 valence electrons. The van der Waals surface area contributed by atoms with E-state index < -0.39 is 23.1 Å². The number of benzene rings is 2. The summed E-state index contributed by atoms with van der Waals surface area (Å²) in [6.07, 6.45) is 0. The molecule has 0 unspecified atom stereocenters. The second-order valence-corrected chi connectivity index (χ2v) is 5.39. The van der Waals surface area contributed by atoms with Crippen molar-refractivity contribution in [2.45, 2.75) is 13.8 Å². The molecular weight excluding hydrogens is 328 g/mol. The number of fused-ring (bicyclic) bond motifs is 2.